The van der Waals surface area contributed by atoms with Gasteiger partial charge in [-0.2, -0.15) is 0 Å². The zero-order valence-corrected chi connectivity index (χ0v) is 10.7. The first-order chi connectivity index (χ1) is 9.25. The van der Waals surface area contributed by atoms with Crippen LogP contribution in [0.15, 0.2) is 12.4 Å². The molecule has 1 aromatic rings. The fraction of sp³-hybridized carbons (Fsp3) is 0.583. The number of amides is 1. The third-order valence-electron chi connectivity index (χ3n) is 3.80. The van der Waals surface area contributed by atoms with Crippen LogP contribution in [0.5, 0.6) is 0 Å². The molecule has 0 aliphatic carbocycles. The third kappa shape index (κ3) is 2.39. The van der Waals surface area contributed by atoms with E-state index in [9.17, 15) is 4.79 Å². The maximum atomic E-state index is 11.4. The van der Waals surface area contributed by atoms with Crippen LogP contribution >= 0.6 is 0 Å². The minimum Gasteiger partial charge on any atom is -0.364 e. The molecule has 102 valence electrons. The van der Waals surface area contributed by atoms with Gasteiger partial charge in [0.2, 0.25) is 0 Å². The zero-order valence-electron chi connectivity index (χ0n) is 10.7. The quantitative estimate of drug-likeness (QED) is 0.702. The van der Waals surface area contributed by atoms with Crippen molar-refractivity contribution in [1.82, 2.24) is 20.2 Å². The molecule has 2 saturated heterocycles. The molecule has 7 heteroatoms. The number of nitrogens with two attached hydrogens (primary N) is 1. The van der Waals surface area contributed by atoms with Crippen LogP contribution in [0.4, 0.5) is 5.82 Å². The van der Waals surface area contributed by atoms with E-state index in [0.717, 1.165) is 39.3 Å². The van der Waals surface area contributed by atoms with E-state index in [1.807, 2.05) is 0 Å². The molecule has 0 atom stereocenters. The molecule has 7 nitrogen and oxygen atoms in total. The molecule has 0 aromatic carbocycles. The Hall–Kier alpha value is -1.73. The van der Waals surface area contributed by atoms with Crippen LogP contribution in [-0.2, 0) is 0 Å². The van der Waals surface area contributed by atoms with Gasteiger partial charge in [-0.1, -0.05) is 0 Å². The number of carbonyl (C=O) groups excluding carboxylic acids is 1. The smallest absolute Gasteiger partial charge is 0.271 e. The molecule has 0 unspecified atom stereocenters. The fourth-order valence-electron chi connectivity index (χ4n) is 2.57. The summed E-state index contributed by atoms with van der Waals surface area (Å²) in [5.74, 6) is 0.0927. The maximum Gasteiger partial charge on any atom is 0.271 e. The Morgan fingerprint density at radius 2 is 1.89 bits per heavy atom. The van der Waals surface area contributed by atoms with E-state index in [1.54, 1.807) is 6.20 Å². The second kappa shape index (κ2) is 5.10. The number of hydrogen-bond acceptors (Lipinski definition) is 6. The Balaban J connectivity index is 1.69. The van der Waals surface area contributed by atoms with Crippen LogP contribution in [-0.4, -0.2) is 66.1 Å². The molecule has 3 N–H and O–H groups in total. The van der Waals surface area contributed by atoms with E-state index >= 15 is 0 Å². The summed E-state index contributed by atoms with van der Waals surface area (Å²) in [5, 5.41) is 3.29. The summed E-state index contributed by atoms with van der Waals surface area (Å²) in [4.78, 5) is 24.2. The van der Waals surface area contributed by atoms with Crippen molar-refractivity contribution >= 4 is 11.7 Å². The minimum atomic E-state index is -0.520. The van der Waals surface area contributed by atoms with Crippen molar-refractivity contribution in [3.8, 4) is 0 Å². The van der Waals surface area contributed by atoms with Gasteiger partial charge >= 0.3 is 0 Å². The normalized spacial score (nSPS) is 21.2. The molecule has 1 aromatic heterocycles. The van der Waals surface area contributed by atoms with Gasteiger partial charge in [0.25, 0.3) is 5.91 Å². The molecule has 3 rings (SSSR count). The van der Waals surface area contributed by atoms with Gasteiger partial charge in [0.15, 0.2) is 11.5 Å². The van der Waals surface area contributed by atoms with Gasteiger partial charge < -0.3 is 16.0 Å². The van der Waals surface area contributed by atoms with E-state index in [0.29, 0.717) is 11.9 Å². The molecule has 19 heavy (non-hydrogen) atoms. The third-order valence-corrected chi connectivity index (χ3v) is 3.80. The summed E-state index contributed by atoms with van der Waals surface area (Å²) in [6.45, 7) is 5.85. The number of carbonyl (C=O) groups is 1. The number of piperazine rings is 1. The summed E-state index contributed by atoms with van der Waals surface area (Å²) in [6, 6.07) is 0.666. The van der Waals surface area contributed by atoms with Crippen molar-refractivity contribution in [2.45, 2.75) is 6.04 Å². The maximum absolute atomic E-state index is 11.4. The van der Waals surface area contributed by atoms with Crippen molar-refractivity contribution in [3.63, 3.8) is 0 Å². The molecule has 0 spiro atoms. The van der Waals surface area contributed by atoms with Crippen molar-refractivity contribution < 1.29 is 4.79 Å². The first kappa shape index (κ1) is 12.3. The molecule has 0 saturated carbocycles. The molecule has 2 aliphatic heterocycles. The number of anilines is 1. The predicted molar refractivity (Wildman–Crippen MR) is 71.0 cm³/mol. The van der Waals surface area contributed by atoms with Crippen molar-refractivity contribution in [3.05, 3.63) is 18.1 Å². The van der Waals surface area contributed by atoms with Crippen molar-refractivity contribution in [2.75, 3.05) is 44.2 Å². The molecule has 3 heterocycles. The first-order valence-corrected chi connectivity index (χ1v) is 6.56. The molecule has 2 fully saturated rings. The summed E-state index contributed by atoms with van der Waals surface area (Å²) < 4.78 is 0. The van der Waals surface area contributed by atoms with E-state index in [-0.39, 0.29) is 5.69 Å². The molecular formula is C12H18N6O. The summed E-state index contributed by atoms with van der Waals surface area (Å²) in [7, 11) is 0. The number of aromatic nitrogens is 2. The van der Waals surface area contributed by atoms with Crippen LogP contribution in [0.25, 0.3) is 0 Å². The van der Waals surface area contributed by atoms with Gasteiger partial charge in [-0.25, -0.2) is 9.97 Å². The standard InChI is InChI=1S/C12H18N6O/c13-11(19)10-12(16-2-1-15-10)18-5-3-17(4-6-18)9-7-14-8-9/h1-2,9,14H,3-8H2,(H2,13,19). The molecular weight excluding hydrogens is 244 g/mol. The number of nitrogens with zero attached hydrogens (tertiary/aromatic N) is 4. The van der Waals surface area contributed by atoms with E-state index < -0.39 is 5.91 Å². The largest absolute Gasteiger partial charge is 0.364 e. The van der Waals surface area contributed by atoms with Crippen molar-refractivity contribution in [1.29, 1.82) is 0 Å². The van der Waals surface area contributed by atoms with Gasteiger partial charge in [-0.3, -0.25) is 9.69 Å². The van der Waals surface area contributed by atoms with Gasteiger partial charge in [-0.15, -0.1) is 0 Å². The van der Waals surface area contributed by atoms with Crippen LogP contribution in [0.1, 0.15) is 10.5 Å². The molecule has 0 radical (unpaired) electrons. The fourth-order valence-corrected chi connectivity index (χ4v) is 2.57. The summed E-state index contributed by atoms with van der Waals surface area (Å²) in [5.41, 5.74) is 5.61. The second-order valence-electron chi connectivity index (χ2n) is 4.93. The highest BCUT2D eigenvalue weighted by Crippen LogP contribution is 2.18. The van der Waals surface area contributed by atoms with Gasteiger partial charge in [0.05, 0.1) is 0 Å². The lowest BCUT2D eigenvalue weighted by atomic mass is 10.1. The Morgan fingerprint density at radius 1 is 1.21 bits per heavy atom. The van der Waals surface area contributed by atoms with Crippen LogP contribution < -0.4 is 16.0 Å². The van der Waals surface area contributed by atoms with E-state index in [4.69, 9.17) is 5.73 Å². The Kier molecular flexibility index (Phi) is 3.31. The average Bonchev–Trinajstić information content (AvgIpc) is 2.37. The molecule has 1 amide bonds. The Morgan fingerprint density at radius 3 is 2.47 bits per heavy atom. The van der Waals surface area contributed by atoms with E-state index in [1.165, 1.54) is 6.20 Å². The monoisotopic (exact) mass is 262 g/mol. The van der Waals surface area contributed by atoms with Crippen LogP contribution in [0.2, 0.25) is 0 Å². The number of hydrogen-bond donors (Lipinski definition) is 2. The zero-order chi connectivity index (χ0) is 13.2. The number of primary amides is 1. The SMILES string of the molecule is NC(=O)c1nccnc1N1CCN(C2CNC2)CC1. The summed E-state index contributed by atoms with van der Waals surface area (Å²) in [6.07, 6.45) is 3.10. The van der Waals surface area contributed by atoms with Crippen LogP contribution in [0.3, 0.4) is 0 Å². The highest BCUT2D eigenvalue weighted by Gasteiger charge is 2.29. The Labute approximate surface area is 111 Å². The molecule has 2 aliphatic rings. The highest BCUT2D eigenvalue weighted by molar-refractivity contribution is 5.95. The lowest BCUT2D eigenvalue weighted by Crippen LogP contribution is -2.61. The highest BCUT2D eigenvalue weighted by atomic mass is 16.1. The van der Waals surface area contributed by atoms with Gasteiger partial charge in [-0.05, 0) is 0 Å². The predicted octanol–water partition coefficient (Wildman–Crippen LogP) is -1.33. The second-order valence-corrected chi connectivity index (χ2v) is 4.93. The lowest BCUT2D eigenvalue weighted by Gasteiger charge is -2.43. The molecule has 0 bridgehead atoms. The van der Waals surface area contributed by atoms with Crippen molar-refractivity contribution in [2.24, 2.45) is 5.73 Å². The average molecular weight is 262 g/mol. The number of nitrogens with one attached hydrogen (secondary N) is 1. The van der Waals surface area contributed by atoms with Gasteiger partial charge in [0.1, 0.15) is 0 Å². The topological polar surface area (TPSA) is 87.4 Å². The van der Waals surface area contributed by atoms with Gasteiger partial charge in [0, 0.05) is 57.7 Å². The van der Waals surface area contributed by atoms with Crippen LogP contribution in [0, 0.1) is 0 Å². The first-order valence-electron chi connectivity index (χ1n) is 6.56. The minimum absolute atomic E-state index is 0.265. The lowest BCUT2D eigenvalue weighted by molar-refractivity contribution is 0.0995. The summed E-state index contributed by atoms with van der Waals surface area (Å²) >= 11 is 0. The number of rotatable bonds is 3. The Bertz CT molecular complexity index is 467. The van der Waals surface area contributed by atoms with E-state index in [2.05, 4.69) is 25.1 Å².